The topological polar surface area (TPSA) is 98.7 Å². The van der Waals surface area contributed by atoms with E-state index in [1.165, 1.54) is 0 Å². The summed E-state index contributed by atoms with van der Waals surface area (Å²) in [5.74, 6) is -2.24. The predicted octanol–water partition coefficient (Wildman–Crippen LogP) is -0.910. The van der Waals surface area contributed by atoms with Crippen LogP contribution < -0.4 is 10.6 Å². The molecule has 1 atom stereocenters. The third-order valence-corrected chi connectivity index (χ3v) is 1.66. The van der Waals surface area contributed by atoms with Gasteiger partial charge in [0.25, 0.3) is 0 Å². The van der Waals surface area contributed by atoms with Gasteiger partial charge in [0.2, 0.25) is 5.91 Å². The van der Waals surface area contributed by atoms with Crippen molar-refractivity contribution in [2.75, 3.05) is 19.7 Å². The van der Waals surface area contributed by atoms with Crippen molar-refractivity contribution in [3.63, 3.8) is 0 Å². The minimum atomic E-state index is -4.43. The van der Waals surface area contributed by atoms with E-state index >= 15 is 0 Å². The highest BCUT2D eigenvalue weighted by Crippen LogP contribution is 2.11. The first-order chi connectivity index (χ1) is 7.76. The van der Waals surface area contributed by atoms with Crippen LogP contribution in [0.15, 0.2) is 0 Å². The Kier molecular flexibility index (Phi) is 6.51. The highest BCUT2D eigenvalue weighted by atomic mass is 19.4. The maximum absolute atomic E-state index is 11.7. The van der Waals surface area contributed by atoms with E-state index < -0.39 is 43.8 Å². The van der Waals surface area contributed by atoms with E-state index in [2.05, 4.69) is 0 Å². The van der Waals surface area contributed by atoms with Crippen LogP contribution in [0, 0.1) is 0 Å². The Hall–Kier alpha value is -1.35. The first-order valence-corrected chi connectivity index (χ1v) is 4.66. The van der Waals surface area contributed by atoms with Crippen molar-refractivity contribution < 1.29 is 33.0 Å². The molecular formula is C8H13F3N2O4. The molecule has 0 bridgehead atoms. The van der Waals surface area contributed by atoms with Crippen LogP contribution in [0.2, 0.25) is 0 Å². The number of carboxylic acid groups (broad SMARTS) is 1. The molecule has 1 amide bonds. The molecule has 1 unspecified atom stereocenters. The molecule has 0 aliphatic rings. The lowest BCUT2D eigenvalue weighted by atomic mass is 10.2. The predicted molar refractivity (Wildman–Crippen MR) is 50.2 cm³/mol. The summed E-state index contributed by atoms with van der Waals surface area (Å²) >= 11 is 0. The average Bonchev–Trinajstić information content (AvgIpc) is 2.14. The quantitative estimate of drug-likeness (QED) is 0.474. The van der Waals surface area contributed by atoms with Crippen molar-refractivity contribution in [3.05, 3.63) is 0 Å². The maximum atomic E-state index is 11.7. The number of aliphatic carboxylic acids is 1. The number of aliphatic hydroxyl groups is 1. The molecule has 0 saturated heterocycles. The molecule has 0 heterocycles. The third kappa shape index (κ3) is 8.46. The number of alkyl halides is 3. The van der Waals surface area contributed by atoms with Gasteiger partial charge in [-0.2, -0.15) is 13.2 Å². The molecule has 0 saturated carbocycles. The molecule has 9 heteroatoms. The zero-order chi connectivity index (χ0) is 13.5. The number of aliphatic hydroxyl groups excluding tert-OH is 1. The fourth-order valence-corrected chi connectivity index (χ4v) is 0.950. The van der Waals surface area contributed by atoms with Crippen LogP contribution in [-0.2, 0) is 9.59 Å². The number of rotatable bonds is 7. The van der Waals surface area contributed by atoms with E-state index in [4.69, 9.17) is 10.2 Å². The molecule has 0 aromatic carbocycles. The molecule has 0 aromatic rings. The molecule has 100 valence electrons. The van der Waals surface area contributed by atoms with Gasteiger partial charge in [0.1, 0.15) is 6.04 Å². The summed E-state index contributed by atoms with van der Waals surface area (Å²) in [6.45, 7) is -2.43. The van der Waals surface area contributed by atoms with E-state index in [1.807, 2.05) is 10.6 Å². The number of nitrogens with one attached hydrogen (secondary N) is 2. The van der Waals surface area contributed by atoms with E-state index in [0.717, 1.165) is 0 Å². The number of carbonyl (C=O) groups is 2. The fraction of sp³-hybridized carbons (Fsp3) is 0.750. The SMILES string of the molecule is O=C(CNCC(F)(F)F)NC(CCO)C(=O)O. The molecule has 4 N–H and O–H groups in total. The van der Waals surface area contributed by atoms with Gasteiger partial charge >= 0.3 is 12.1 Å². The summed E-state index contributed by atoms with van der Waals surface area (Å²) in [4.78, 5) is 21.6. The molecule has 17 heavy (non-hydrogen) atoms. The largest absolute Gasteiger partial charge is 0.480 e. The average molecular weight is 258 g/mol. The molecule has 0 rings (SSSR count). The molecular weight excluding hydrogens is 245 g/mol. The van der Waals surface area contributed by atoms with Crippen molar-refractivity contribution in [3.8, 4) is 0 Å². The van der Waals surface area contributed by atoms with Crippen molar-refractivity contribution in [1.82, 2.24) is 10.6 Å². The van der Waals surface area contributed by atoms with Crippen molar-refractivity contribution in [1.29, 1.82) is 0 Å². The Morgan fingerprint density at radius 2 is 1.88 bits per heavy atom. The van der Waals surface area contributed by atoms with Crippen LogP contribution in [0.4, 0.5) is 13.2 Å². The van der Waals surface area contributed by atoms with Gasteiger partial charge < -0.3 is 20.8 Å². The number of carbonyl (C=O) groups excluding carboxylic acids is 1. The molecule has 0 aliphatic carbocycles. The van der Waals surface area contributed by atoms with Crippen LogP contribution in [-0.4, -0.2) is 54.0 Å². The molecule has 0 aromatic heterocycles. The lowest BCUT2D eigenvalue weighted by molar-refractivity contribution is -0.142. The van der Waals surface area contributed by atoms with Gasteiger partial charge in [-0.1, -0.05) is 0 Å². The summed E-state index contributed by atoms with van der Waals surface area (Å²) in [6, 6.07) is -1.31. The second kappa shape index (κ2) is 7.07. The summed E-state index contributed by atoms with van der Waals surface area (Å²) < 4.78 is 35.1. The fourth-order valence-electron chi connectivity index (χ4n) is 0.950. The van der Waals surface area contributed by atoms with Crippen molar-refractivity contribution in [2.24, 2.45) is 0 Å². The molecule has 0 aliphatic heterocycles. The molecule has 0 fully saturated rings. The second-order valence-electron chi connectivity index (χ2n) is 3.19. The standard InChI is InChI=1S/C8H13F3N2O4/c9-8(10,11)4-12-3-6(15)13-5(1-2-14)7(16)17/h5,12,14H,1-4H2,(H,13,15)(H,16,17). The normalized spacial score (nSPS) is 13.2. The van der Waals surface area contributed by atoms with E-state index in [0.29, 0.717) is 0 Å². The van der Waals surface area contributed by atoms with Gasteiger partial charge in [-0.25, -0.2) is 4.79 Å². The zero-order valence-electron chi connectivity index (χ0n) is 8.75. The first-order valence-electron chi connectivity index (χ1n) is 4.66. The van der Waals surface area contributed by atoms with Gasteiger partial charge in [0.05, 0.1) is 13.1 Å². The van der Waals surface area contributed by atoms with Gasteiger partial charge in [-0.3, -0.25) is 4.79 Å². The van der Waals surface area contributed by atoms with Crippen LogP contribution in [0.1, 0.15) is 6.42 Å². The molecule has 6 nitrogen and oxygen atoms in total. The maximum Gasteiger partial charge on any atom is 0.401 e. The third-order valence-electron chi connectivity index (χ3n) is 1.66. The van der Waals surface area contributed by atoms with Gasteiger partial charge in [0.15, 0.2) is 0 Å². The Morgan fingerprint density at radius 1 is 1.29 bits per heavy atom. The molecule has 0 spiro atoms. The highest BCUT2D eigenvalue weighted by Gasteiger charge is 2.27. The van der Waals surface area contributed by atoms with Crippen LogP contribution in [0.25, 0.3) is 0 Å². The Morgan fingerprint density at radius 3 is 2.29 bits per heavy atom. The second-order valence-corrected chi connectivity index (χ2v) is 3.19. The minimum absolute atomic E-state index is 0.208. The summed E-state index contributed by atoms with van der Waals surface area (Å²) in [7, 11) is 0. The lowest BCUT2D eigenvalue weighted by Gasteiger charge is -2.13. The summed E-state index contributed by atoms with van der Waals surface area (Å²) in [5.41, 5.74) is 0. The van der Waals surface area contributed by atoms with Gasteiger partial charge in [-0.15, -0.1) is 0 Å². The van der Waals surface area contributed by atoms with Crippen LogP contribution in [0.3, 0.4) is 0 Å². The van der Waals surface area contributed by atoms with Crippen LogP contribution >= 0.6 is 0 Å². The summed E-state index contributed by atoms with van der Waals surface area (Å²) in [6.07, 6.45) is -4.64. The monoisotopic (exact) mass is 258 g/mol. The number of carboxylic acids is 1. The number of halogens is 3. The number of amides is 1. The van der Waals surface area contributed by atoms with Gasteiger partial charge in [0, 0.05) is 13.0 Å². The van der Waals surface area contributed by atoms with Crippen molar-refractivity contribution >= 4 is 11.9 Å². The summed E-state index contributed by atoms with van der Waals surface area (Å²) in [5, 5.41) is 20.9. The van der Waals surface area contributed by atoms with E-state index in [1.54, 1.807) is 0 Å². The van der Waals surface area contributed by atoms with Crippen LogP contribution in [0.5, 0.6) is 0 Å². The first kappa shape index (κ1) is 15.7. The lowest BCUT2D eigenvalue weighted by Crippen LogP contribution is -2.46. The Balaban J connectivity index is 3.95. The molecule has 0 radical (unpaired) electrons. The van der Waals surface area contributed by atoms with E-state index in [-0.39, 0.29) is 6.42 Å². The smallest absolute Gasteiger partial charge is 0.401 e. The number of hydrogen-bond acceptors (Lipinski definition) is 4. The highest BCUT2D eigenvalue weighted by molar-refractivity contribution is 5.84. The minimum Gasteiger partial charge on any atom is -0.480 e. The van der Waals surface area contributed by atoms with Gasteiger partial charge in [-0.05, 0) is 0 Å². The Bertz CT molecular complexity index is 270. The van der Waals surface area contributed by atoms with Crippen molar-refractivity contribution in [2.45, 2.75) is 18.6 Å². The Labute approximate surface area is 94.8 Å². The number of hydrogen-bond donors (Lipinski definition) is 4. The van der Waals surface area contributed by atoms with E-state index in [9.17, 15) is 22.8 Å². The zero-order valence-corrected chi connectivity index (χ0v) is 8.75.